The number of benzene rings is 2. The average Bonchev–Trinajstić information content (AvgIpc) is 3.32. The van der Waals surface area contributed by atoms with Crippen LogP contribution in [0, 0.1) is 0 Å². The molecule has 1 aromatic heterocycles. The fraction of sp³-hybridized carbons (Fsp3) is 0.375. The maximum atomic E-state index is 12.4. The predicted molar refractivity (Wildman–Crippen MR) is 123 cm³/mol. The highest BCUT2D eigenvalue weighted by molar-refractivity contribution is 7.99. The molecule has 0 radical (unpaired) electrons. The SMILES string of the molecule is Cn1c(SCC(=O)Nc2ccc3c(c2)CCC3)nnc1-c1ccc(C(C)(C)C)cc1. The molecule has 0 unspecified atom stereocenters. The second-order valence-electron chi connectivity index (χ2n) is 8.87. The van der Waals surface area contributed by atoms with Gasteiger partial charge in [0.2, 0.25) is 5.91 Å². The normalized spacial score (nSPS) is 13.3. The van der Waals surface area contributed by atoms with Gasteiger partial charge in [-0.3, -0.25) is 4.79 Å². The smallest absolute Gasteiger partial charge is 0.234 e. The molecule has 1 amide bonds. The Bertz CT molecular complexity index is 1060. The summed E-state index contributed by atoms with van der Waals surface area (Å²) in [5, 5.41) is 12.4. The molecule has 4 rings (SSSR count). The molecule has 0 bridgehead atoms. The monoisotopic (exact) mass is 420 g/mol. The lowest BCUT2D eigenvalue weighted by Crippen LogP contribution is -2.14. The van der Waals surface area contributed by atoms with E-state index < -0.39 is 0 Å². The van der Waals surface area contributed by atoms with Gasteiger partial charge in [-0.15, -0.1) is 10.2 Å². The van der Waals surface area contributed by atoms with Crippen LogP contribution >= 0.6 is 11.8 Å². The van der Waals surface area contributed by atoms with Crippen LogP contribution in [0.25, 0.3) is 11.4 Å². The fourth-order valence-corrected chi connectivity index (χ4v) is 4.50. The molecule has 0 atom stereocenters. The van der Waals surface area contributed by atoms with E-state index in [2.05, 4.69) is 72.7 Å². The molecule has 0 saturated heterocycles. The van der Waals surface area contributed by atoms with Gasteiger partial charge in [0.1, 0.15) is 0 Å². The standard InChI is InChI=1S/C24H28N4OS/c1-24(2,3)19-11-8-17(9-12-19)22-26-27-23(28(22)4)30-15-21(29)25-20-13-10-16-6-5-7-18(16)14-20/h8-14H,5-7,15H2,1-4H3,(H,25,29). The summed E-state index contributed by atoms with van der Waals surface area (Å²) in [7, 11) is 1.94. The lowest BCUT2D eigenvalue weighted by molar-refractivity contribution is -0.113. The van der Waals surface area contributed by atoms with E-state index in [4.69, 9.17) is 0 Å². The van der Waals surface area contributed by atoms with E-state index in [-0.39, 0.29) is 11.3 Å². The zero-order valence-corrected chi connectivity index (χ0v) is 18.8. The highest BCUT2D eigenvalue weighted by Gasteiger charge is 2.17. The average molecular weight is 421 g/mol. The van der Waals surface area contributed by atoms with Crippen molar-refractivity contribution in [3.8, 4) is 11.4 Å². The molecule has 30 heavy (non-hydrogen) atoms. The molecule has 2 aromatic carbocycles. The molecule has 5 nitrogen and oxygen atoms in total. The van der Waals surface area contributed by atoms with Crippen molar-refractivity contribution in [3.05, 3.63) is 59.2 Å². The van der Waals surface area contributed by atoms with Crippen LogP contribution in [0.2, 0.25) is 0 Å². The van der Waals surface area contributed by atoms with Gasteiger partial charge in [0.15, 0.2) is 11.0 Å². The van der Waals surface area contributed by atoms with Crippen LogP contribution in [0.3, 0.4) is 0 Å². The summed E-state index contributed by atoms with van der Waals surface area (Å²) < 4.78 is 1.94. The molecule has 1 aliphatic carbocycles. The first-order chi connectivity index (χ1) is 14.3. The molecule has 0 spiro atoms. The van der Waals surface area contributed by atoms with E-state index in [1.807, 2.05) is 17.7 Å². The molecule has 3 aromatic rings. The quantitative estimate of drug-likeness (QED) is 0.590. The van der Waals surface area contributed by atoms with E-state index in [1.165, 1.54) is 34.9 Å². The number of thioether (sulfide) groups is 1. The van der Waals surface area contributed by atoms with Gasteiger partial charge in [0, 0.05) is 18.3 Å². The Labute approximate surface area is 182 Å². The van der Waals surface area contributed by atoms with E-state index >= 15 is 0 Å². The third-order valence-electron chi connectivity index (χ3n) is 5.56. The molecule has 0 saturated carbocycles. The highest BCUT2D eigenvalue weighted by atomic mass is 32.2. The van der Waals surface area contributed by atoms with Crippen molar-refractivity contribution in [2.24, 2.45) is 7.05 Å². The topological polar surface area (TPSA) is 59.8 Å². The summed E-state index contributed by atoms with van der Waals surface area (Å²) in [5.74, 6) is 1.07. The largest absolute Gasteiger partial charge is 0.325 e. The lowest BCUT2D eigenvalue weighted by atomic mass is 9.87. The zero-order valence-electron chi connectivity index (χ0n) is 18.0. The summed E-state index contributed by atoms with van der Waals surface area (Å²) in [6.45, 7) is 6.60. The fourth-order valence-electron chi connectivity index (χ4n) is 3.79. The van der Waals surface area contributed by atoms with Crippen LogP contribution in [0.15, 0.2) is 47.6 Å². The van der Waals surface area contributed by atoms with Gasteiger partial charge >= 0.3 is 0 Å². The van der Waals surface area contributed by atoms with Crippen molar-refractivity contribution >= 4 is 23.4 Å². The molecule has 0 fully saturated rings. The number of aryl methyl sites for hydroxylation is 2. The van der Waals surface area contributed by atoms with Gasteiger partial charge in [-0.25, -0.2) is 0 Å². The minimum Gasteiger partial charge on any atom is -0.325 e. The Morgan fingerprint density at radius 2 is 1.80 bits per heavy atom. The molecule has 156 valence electrons. The Morgan fingerprint density at radius 3 is 2.53 bits per heavy atom. The summed E-state index contributed by atoms with van der Waals surface area (Å²) in [4.78, 5) is 12.4. The Balaban J connectivity index is 1.39. The van der Waals surface area contributed by atoms with Crippen molar-refractivity contribution in [1.82, 2.24) is 14.8 Å². The van der Waals surface area contributed by atoms with Gasteiger partial charge in [-0.1, -0.05) is 62.9 Å². The van der Waals surface area contributed by atoms with Gasteiger partial charge in [0.25, 0.3) is 0 Å². The van der Waals surface area contributed by atoms with Crippen LogP contribution in [0.1, 0.15) is 43.9 Å². The maximum Gasteiger partial charge on any atom is 0.234 e. The number of hydrogen-bond acceptors (Lipinski definition) is 4. The van der Waals surface area contributed by atoms with Crippen LogP contribution in [0.5, 0.6) is 0 Å². The van der Waals surface area contributed by atoms with E-state index in [1.54, 1.807) is 0 Å². The molecular weight excluding hydrogens is 392 g/mol. The van der Waals surface area contributed by atoms with E-state index in [9.17, 15) is 4.79 Å². The zero-order chi connectivity index (χ0) is 21.3. The number of carbonyl (C=O) groups is 1. The lowest BCUT2D eigenvalue weighted by Gasteiger charge is -2.19. The summed E-state index contributed by atoms with van der Waals surface area (Å²) >= 11 is 1.40. The number of amides is 1. The van der Waals surface area contributed by atoms with Gasteiger partial charge < -0.3 is 9.88 Å². The molecule has 1 N–H and O–H groups in total. The first kappa shape index (κ1) is 20.7. The molecule has 0 aliphatic heterocycles. The Kier molecular flexibility index (Phi) is 5.69. The van der Waals surface area contributed by atoms with Gasteiger partial charge in [-0.2, -0.15) is 0 Å². The van der Waals surface area contributed by atoms with Crippen LogP contribution in [-0.4, -0.2) is 26.4 Å². The van der Waals surface area contributed by atoms with Crippen LogP contribution in [-0.2, 0) is 30.1 Å². The number of aromatic nitrogens is 3. The van der Waals surface area contributed by atoms with Crippen molar-refractivity contribution in [3.63, 3.8) is 0 Å². The van der Waals surface area contributed by atoms with Crippen molar-refractivity contribution in [2.45, 2.75) is 50.6 Å². The molecule has 1 heterocycles. The van der Waals surface area contributed by atoms with Crippen LogP contribution in [0.4, 0.5) is 5.69 Å². The number of anilines is 1. The number of nitrogens with zero attached hydrogens (tertiary/aromatic N) is 3. The van der Waals surface area contributed by atoms with E-state index in [0.717, 1.165) is 35.1 Å². The number of rotatable bonds is 5. The third-order valence-corrected chi connectivity index (χ3v) is 6.58. The summed E-state index contributed by atoms with van der Waals surface area (Å²) in [6.07, 6.45) is 3.45. The predicted octanol–water partition coefficient (Wildman–Crippen LogP) is 5.00. The maximum absolute atomic E-state index is 12.4. The van der Waals surface area contributed by atoms with Gasteiger partial charge in [-0.05, 0) is 53.5 Å². The first-order valence-electron chi connectivity index (χ1n) is 10.4. The Morgan fingerprint density at radius 1 is 1.07 bits per heavy atom. The summed E-state index contributed by atoms with van der Waals surface area (Å²) in [5.41, 5.74) is 6.06. The number of carbonyl (C=O) groups excluding carboxylic acids is 1. The highest BCUT2D eigenvalue weighted by Crippen LogP contribution is 2.28. The summed E-state index contributed by atoms with van der Waals surface area (Å²) in [6, 6.07) is 14.7. The second kappa shape index (κ2) is 8.26. The van der Waals surface area contributed by atoms with Crippen molar-refractivity contribution in [2.75, 3.05) is 11.1 Å². The minimum atomic E-state index is -0.0305. The Hall–Kier alpha value is -2.60. The molecular formula is C24H28N4OS. The molecule has 6 heteroatoms. The van der Waals surface area contributed by atoms with Crippen molar-refractivity contribution < 1.29 is 4.79 Å². The number of hydrogen-bond donors (Lipinski definition) is 1. The minimum absolute atomic E-state index is 0.0305. The van der Waals surface area contributed by atoms with Crippen LogP contribution < -0.4 is 5.32 Å². The van der Waals surface area contributed by atoms with Gasteiger partial charge in [0.05, 0.1) is 5.75 Å². The third kappa shape index (κ3) is 4.43. The molecule has 1 aliphatic rings. The van der Waals surface area contributed by atoms with Crippen molar-refractivity contribution in [1.29, 1.82) is 0 Å². The number of nitrogens with one attached hydrogen (secondary N) is 1. The number of fused-ring (bicyclic) bond motifs is 1. The van der Waals surface area contributed by atoms with E-state index in [0.29, 0.717) is 5.75 Å². The first-order valence-corrected chi connectivity index (χ1v) is 11.3. The second-order valence-corrected chi connectivity index (χ2v) is 9.81.